The topological polar surface area (TPSA) is 26.3 Å². The Hall–Kier alpha value is -6.90. The van der Waals surface area contributed by atoms with Gasteiger partial charge in [-0.2, -0.15) is 0 Å². The summed E-state index contributed by atoms with van der Waals surface area (Å²) in [5, 5.41) is 14.5. The lowest BCUT2D eigenvalue weighted by Crippen LogP contribution is -1.91. The zero-order chi connectivity index (χ0) is 33.9. The van der Waals surface area contributed by atoms with Crippen LogP contribution in [0.5, 0.6) is 0 Å². The molecule has 0 saturated carbocycles. The number of benzene rings is 10. The maximum absolute atomic E-state index is 6.78. The minimum absolute atomic E-state index is 0.865. The molecule has 240 valence electrons. The van der Waals surface area contributed by atoms with Crippen LogP contribution in [0.15, 0.2) is 179 Å². The van der Waals surface area contributed by atoms with E-state index in [0.717, 1.165) is 55.0 Å². The van der Waals surface area contributed by atoms with Crippen LogP contribution in [0.25, 0.3) is 120 Å². The highest BCUT2D eigenvalue weighted by Gasteiger charge is 2.20. The minimum Gasteiger partial charge on any atom is -0.456 e. The summed E-state index contributed by atoms with van der Waals surface area (Å²) in [6.45, 7) is 0. The van der Waals surface area contributed by atoms with Crippen LogP contribution in [0.4, 0.5) is 0 Å². The molecule has 0 spiro atoms. The number of fused-ring (bicyclic) bond motifs is 8. The molecule has 0 saturated heterocycles. The molecule has 0 fully saturated rings. The van der Waals surface area contributed by atoms with Gasteiger partial charge >= 0.3 is 0 Å². The van der Waals surface area contributed by atoms with Crippen molar-refractivity contribution in [2.45, 2.75) is 0 Å². The molecule has 2 aromatic heterocycles. The third-order valence-electron chi connectivity index (χ3n) is 11.2. The molecule has 0 bridgehead atoms. The second-order valence-electron chi connectivity index (χ2n) is 14.0. The van der Waals surface area contributed by atoms with Gasteiger partial charge in [0.1, 0.15) is 22.3 Å². The Morgan fingerprint density at radius 3 is 1.73 bits per heavy atom. The van der Waals surface area contributed by atoms with E-state index in [9.17, 15) is 0 Å². The van der Waals surface area contributed by atoms with Crippen LogP contribution in [0, 0.1) is 0 Å². The minimum atomic E-state index is 0.865. The van der Waals surface area contributed by atoms with Gasteiger partial charge < -0.3 is 8.83 Å². The van der Waals surface area contributed by atoms with Crippen molar-refractivity contribution in [1.29, 1.82) is 0 Å². The Labute approximate surface area is 298 Å². The van der Waals surface area contributed by atoms with E-state index in [0.29, 0.717) is 0 Å². The summed E-state index contributed by atoms with van der Waals surface area (Å²) in [5.74, 6) is 0. The predicted molar refractivity (Wildman–Crippen MR) is 219 cm³/mol. The molecule has 0 unspecified atom stereocenters. The lowest BCUT2D eigenvalue weighted by Gasteiger charge is -2.18. The van der Waals surface area contributed by atoms with Gasteiger partial charge in [-0.1, -0.05) is 140 Å². The summed E-state index contributed by atoms with van der Waals surface area (Å²) in [4.78, 5) is 0. The molecule has 0 radical (unpaired) electrons. The number of rotatable bonds is 3. The van der Waals surface area contributed by atoms with E-state index in [1.807, 2.05) is 24.3 Å². The van der Waals surface area contributed by atoms with Crippen molar-refractivity contribution in [2.24, 2.45) is 0 Å². The quantitative estimate of drug-likeness (QED) is 0.176. The van der Waals surface area contributed by atoms with Gasteiger partial charge in [0.2, 0.25) is 0 Å². The molecule has 0 N–H and O–H groups in total. The van der Waals surface area contributed by atoms with Gasteiger partial charge in [0.05, 0.1) is 0 Å². The SMILES string of the molecule is c1ccc(-c2ccc3ccc4c(-c5cc(-c6cccc7c6oc6ccc8oc9ccccc9c8c67)cc6ccccc56)ccc5ccc2c3c54)cc1. The Balaban J connectivity index is 1.13. The van der Waals surface area contributed by atoms with Crippen LogP contribution in [0.2, 0.25) is 0 Å². The molecule has 2 nitrogen and oxygen atoms in total. The van der Waals surface area contributed by atoms with Crippen LogP contribution >= 0.6 is 0 Å². The molecular formula is C50H28O2. The monoisotopic (exact) mass is 660 g/mol. The third kappa shape index (κ3) is 3.78. The van der Waals surface area contributed by atoms with Crippen molar-refractivity contribution in [3.05, 3.63) is 170 Å². The molecule has 0 aliphatic carbocycles. The fourth-order valence-corrected chi connectivity index (χ4v) is 8.93. The number of para-hydroxylation sites is 2. The summed E-state index contributed by atoms with van der Waals surface area (Å²) in [5.41, 5.74) is 10.7. The number of furan rings is 2. The van der Waals surface area contributed by atoms with Gasteiger partial charge in [0.25, 0.3) is 0 Å². The first-order valence-corrected chi connectivity index (χ1v) is 17.8. The molecule has 0 amide bonds. The van der Waals surface area contributed by atoms with Crippen LogP contribution in [0.3, 0.4) is 0 Å². The summed E-state index contributed by atoms with van der Waals surface area (Å²) >= 11 is 0. The van der Waals surface area contributed by atoms with Crippen molar-refractivity contribution < 1.29 is 8.83 Å². The molecule has 0 aliphatic rings. The smallest absolute Gasteiger partial charge is 0.143 e. The molecule has 0 atom stereocenters. The Kier molecular flexibility index (Phi) is 5.53. The van der Waals surface area contributed by atoms with Crippen molar-refractivity contribution >= 4 is 87.0 Å². The fraction of sp³-hybridized carbons (Fsp3) is 0. The summed E-state index contributed by atoms with van der Waals surface area (Å²) < 4.78 is 13.0. The Morgan fingerprint density at radius 2 is 0.904 bits per heavy atom. The normalized spacial score (nSPS) is 12.2. The first-order valence-electron chi connectivity index (χ1n) is 17.8. The van der Waals surface area contributed by atoms with E-state index in [2.05, 4.69) is 146 Å². The van der Waals surface area contributed by atoms with E-state index >= 15 is 0 Å². The molecular weight excluding hydrogens is 633 g/mol. The molecule has 52 heavy (non-hydrogen) atoms. The second kappa shape index (κ2) is 10.3. The fourth-order valence-electron chi connectivity index (χ4n) is 8.93. The summed E-state index contributed by atoms with van der Waals surface area (Å²) in [6, 6.07) is 61.4. The maximum Gasteiger partial charge on any atom is 0.143 e. The van der Waals surface area contributed by atoms with Crippen LogP contribution in [-0.4, -0.2) is 0 Å². The molecule has 10 aromatic carbocycles. The summed E-state index contributed by atoms with van der Waals surface area (Å²) in [7, 11) is 0. The predicted octanol–water partition coefficient (Wildman–Crippen LogP) is 14.5. The Bertz CT molecular complexity index is 3400. The largest absolute Gasteiger partial charge is 0.456 e. The first kappa shape index (κ1) is 27.9. The zero-order valence-corrected chi connectivity index (χ0v) is 28.0. The van der Waals surface area contributed by atoms with Gasteiger partial charge in [-0.15, -0.1) is 0 Å². The van der Waals surface area contributed by atoms with Gasteiger partial charge in [-0.3, -0.25) is 0 Å². The maximum atomic E-state index is 6.78. The first-order chi connectivity index (χ1) is 25.8. The molecule has 12 rings (SSSR count). The van der Waals surface area contributed by atoms with Gasteiger partial charge in [-0.25, -0.2) is 0 Å². The van der Waals surface area contributed by atoms with Gasteiger partial charge in [0.15, 0.2) is 0 Å². The Morgan fingerprint density at radius 1 is 0.269 bits per heavy atom. The van der Waals surface area contributed by atoms with Crippen LogP contribution in [0.1, 0.15) is 0 Å². The standard InChI is InChI=1S/C50H28O2/c1-2-9-29(10-3-1)35-21-17-30-20-24-39-37(22-18-31-19-23-38(35)46(30)47(31)39)42-28-33(27-32-11-4-5-12-34(32)42)36-14-8-15-41-49-45(52-50(36)41)26-25-44-48(49)40-13-6-7-16-43(40)51-44/h1-28H. The highest BCUT2D eigenvalue weighted by Crippen LogP contribution is 2.46. The molecule has 2 heterocycles. The second-order valence-corrected chi connectivity index (χ2v) is 14.0. The number of hydrogen-bond acceptors (Lipinski definition) is 2. The van der Waals surface area contributed by atoms with Crippen molar-refractivity contribution in [2.75, 3.05) is 0 Å². The zero-order valence-electron chi connectivity index (χ0n) is 28.0. The van der Waals surface area contributed by atoms with E-state index in [-0.39, 0.29) is 0 Å². The molecule has 0 aliphatic heterocycles. The van der Waals surface area contributed by atoms with E-state index in [1.165, 1.54) is 65.3 Å². The van der Waals surface area contributed by atoms with E-state index in [4.69, 9.17) is 8.83 Å². The van der Waals surface area contributed by atoms with Crippen molar-refractivity contribution in [1.82, 2.24) is 0 Å². The van der Waals surface area contributed by atoms with Crippen LogP contribution in [-0.2, 0) is 0 Å². The van der Waals surface area contributed by atoms with E-state index < -0.39 is 0 Å². The summed E-state index contributed by atoms with van der Waals surface area (Å²) in [6.07, 6.45) is 0. The van der Waals surface area contributed by atoms with Gasteiger partial charge in [0, 0.05) is 27.1 Å². The third-order valence-corrected chi connectivity index (χ3v) is 11.2. The molecule has 2 heteroatoms. The molecule has 12 aromatic rings. The number of hydrogen-bond donors (Lipinski definition) is 0. The lowest BCUT2D eigenvalue weighted by atomic mass is 9.85. The van der Waals surface area contributed by atoms with Crippen molar-refractivity contribution in [3.63, 3.8) is 0 Å². The average molecular weight is 661 g/mol. The van der Waals surface area contributed by atoms with Crippen molar-refractivity contribution in [3.8, 4) is 33.4 Å². The van der Waals surface area contributed by atoms with Gasteiger partial charge in [-0.05, 0) is 101 Å². The van der Waals surface area contributed by atoms with Crippen LogP contribution < -0.4 is 0 Å². The van der Waals surface area contributed by atoms with E-state index in [1.54, 1.807) is 0 Å². The average Bonchev–Trinajstić information content (AvgIpc) is 3.78. The highest BCUT2D eigenvalue weighted by molar-refractivity contribution is 6.29. The lowest BCUT2D eigenvalue weighted by molar-refractivity contribution is 0.663. The highest BCUT2D eigenvalue weighted by atomic mass is 16.3.